The van der Waals surface area contributed by atoms with Gasteiger partial charge < -0.3 is 10.1 Å². The molecule has 1 N–H and O–H groups in total. The van der Waals surface area contributed by atoms with Crippen LogP contribution in [0.2, 0.25) is 0 Å². The minimum absolute atomic E-state index is 0.115. The van der Waals surface area contributed by atoms with Crippen LogP contribution in [0, 0.1) is 11.3 Å². The number of benzene rings is 1. The van der Waals surface area contributed by atoms with Crippen molar-refractivity contribution in [2.75, 3.05) is 13.1 Å². The molecule has 1 aliphatic rings. The predicted octanol–water partition coefficient (Wildman–Crippen LogP) is 2.62. The van der Waals surface area contributed by atoms with Crippen molar-refractivity contribution >= 4 is 0 Å². The second-order valence-corrected chi connectivity index (χ2v) is 4.48. The second-order valence-electron chi connectivity index (χ2n) is 4.48. The molecule has 0 radical (unpaired) electrons. The molecule has 3 nitrogen and oxygen atoms in total. The van der Waals surface area contributed by atoms with Gasteiger partial charge in [0.2, 0.25) is 5.60 Å². The molecular weight excluding hydrogens is 257 g/mol. The van der Waals surface area contributed by atoms with E-state index in [0.717, 1.165) is 0 Å². The smallest absolute Gasteiger partial charge is 0.428 e. The summed E-state index contributed by atoms with van der Waals surface area (Å²) in [5, 5.41) is 11.5. The third kappa shape index (κ3) is 2.82. The van der Waals surface area contributed by atoms with Crippen LogP contribution in [-0.2, 0) is 0 Å². The molecule has 0 saturated carbocycles. The average Bonchev–Trinajstić information content (AvgIpc) is 2.39. The number of rotatable bonds is 2. The van der Waals surface area contributed by atoms with Gasteiger partial charge in [-0.05, 0) is 37.4 Å². The van der Waals surface area contributed by atoms with Gasteiger partial charge in [0.05, 0.1) is 11.6 Å². The number of nitriles is 1. The van der Waals surface area contributed by atoms with Gasteiger partial charge in [-0.2, -0.15) is 18.4 Å². The average molecular weight is 270 g/mol. The van der Waals surface area contributed by atoms with E-state index in [9.17, 15) is 13.2 Å². The monoisotopic (exact) mass is 270 g/mol. The molecule has 0 amide bonds. The summed E-state index contributed by atoms with van der Waals surface area (Å²) in [5.74, 6) is 0.137. The molecular formula is C13H13F3N2O. The maximum absolute atomic E-state index is 13.2. The minimum Gasteiger partial charge on any atom is -0.478 e. The van der Waals surface area contributed by atoms with Crippen LogP contribution in [0.15, 0.2) is 24.3 Å². The summed E-state index contributed by atoms with van der Waals surface area (Å²) in [4.78, 5) is 0. The van der Waals surface area contributed by atoms with Gasteiger partial charge in [0, 0.05) is 12.8 Å². The number of hydrogen-bond donors (Lipinski definition) is 1. The van der Waals surface area contributed by atoms with Gasteiger partial charge in [0.1, 0.15) is 5.75 Å². The maximum Gasteiger partial charge on any atom is 0.428 e. The first kappa shape index (κ1) is 13.7. The fourth-order valence-corrected chi connectivity index (χ4v) is 2.10. The third-order valence-electron chi connectivity index (χ3n) is 3.22. The van der Waals surface area contributed by atoms with Crippen LogP contribution in [0.3, 0.4) is 0 Å². The Bertz CT molecular complexity index is 470. The van der Waals surface area contributed by atoms with Gasteiger partial charge in [0.15, 0.2) is 0 Å². The van der Waals surface area contributed by atoms with Crippen LogP contribution in [-0.4, -0.2) is 24.9 Å². The molecule has 1 heterocycles. The van der Waals surface area contributed by atoms with Gasteiger partial charge >= 0.3 is 6.18 Å². The number of nitrogens with zero attached hydrogens (tertiary/aromatic N) is 1. The SMILES string of the molecule is N#Cc1ccc(OC2(C(F)(F)F)CCNCC2)cc1. The molecule has 0 bridgehead atoms. The summed E-state index contributed by atoms with van der Waals surface area (Å²) in [6.45, 7) is 0.547. The molecule has 0 unspecified atom stereocenters. The Hall–Kier alpha value is -1.74. The first-order chi connectivity index (χ1) is 8.97. The molecule has 2 rings (SSSR count). The zero-order valence-corrected chi connectivity index (χ0v) is 10.1. The zero-order chi connectivity index (χ0) is 13.9. The van der Waals surface area contributed by atoms with E-state index in [0.29, 0.717) is 5.56 Å². The standard InChI is InChI=1S/C13H13F3N2O/c14-13(15,16)12(5-7-18-8-6-12)19-11-3-1-10(9-17)2-4-11/h1-4,18H,5-8H2. The Morgan fingerprint density at radius 1 is 1.16 bits per heavy atom. The number of hydrogen-bond acceptors (Lipinski definition) is 3. The molecule has 6 heteroatoms. The van der Waals surface area contributed by atoms with Crippen molar-refractivity contribution < 1.29 is 17.9 Å². The third-order valence-corrected chi connectivity index (χ3v) is 3.22. The van der Waals surface area contributed by atoms with Crippen molar-refractivity contribution in [1.82, 2.24) is 5.32 Å². The largest absolute Gasteiger partial charge is 0.478 e. The van der Waals surface area contributed by atoms with E-state index < -0.39 is 11.8 Å². The lowest BCUT2D eigenvalue weighted by Gasteiger charge is -2.39. The van der Waals surface area contributed by atoms with Crippen LogP contribution in [0.4, 0.5) is 13.2 Å². The van der Waals surface area contributed by atoms with E-state index in [1.807, 2.05) is 6.07 Å². The second kappa shape index (κ2) is 5.10. The van der Waals surface area contributed by atoms with Crippen molar-refractivity contribution in [3.63, 3.8) is 0 Å². The number of halogens is 3. The number of ether oxygens (including phenoxy) is 1. The van der Waals surface area contributed by atoms with Crippen LogP contribution >= 0.6 is 0 Å². The van der Waals surface area contributed by atoms with Crippen molar-refractivity contribution in [1.29, 1.82) is 5.26 Å². The van der Waals surface area contributed by atoms with Crippen molar-refractivity contribution in [2.45, 2.75) is 24.6 Å². The number of alkyl halides is 3. The Labute approximate surface area is 109 Å². The van der Waals surface area contributed by atoms with Crippen molar-refractivity contribution in [3.05, 3.63) is 29.8 Å². The van der Waals surface area contributed by atoms with Gasteiger partial charge in [-0.25, -0.2) is 0 Å². The summed E-state index contributed by atoms with van der Waals surface area (Å²) < 4.78 is 44.9. The molecule has 1 aromatic rings. The molecule has 0 aromatic heterocycles. The molecule has 1 saturated heterocycles. The normalized spacial score (nSPS) is 18.6. The molecule has 19 heavy (non-hydrogen) atoms. The van der Waals surface area contributed by atoms with E-state index in [1.54, 1.807) is 0 Å². The summed E-state index contributed by atoms with van der Waals surface area (Å²) in [7, 11) is 0. The molecule has 0 aliphatic carbocycles. The fourth-order valence-electron chi connectivity index (χ4n) is 2.10. The summed E-state index contributed by atoms with van der Waals surface area (Å²) in [5.41, 5.74) is -1.74. The van der Waals surface area contributed by atoms with E-state index >= 15 is 0 Å². The first-order valence-electron chi connectivity index (χ1n) is 5.93. The fraction of sp³-hybridized carbons (Fsp3) is 0.462. The quantitative estimate of drug-likeness (QED) is 0.898. The van der Waals surface area contributed by atoms with Crippen molar-refractivity contribution in [2.24, 2.45) is 0 Å². The van der Waals surface area contributed by atoms with Gasteiger partial charge in [0.25, 0.3) is 0 Å². The summed E-state index contributed by atoms with van der Waals surface area (Å²) >= 11 is 0. The lowest BCUT2D eigenvalue weighted by molar-refractivity contribution is -0.256. The molecule has 0 atom stereocenters. The van der Waals surface area contributed by atoms with Gasteiger partial charge in [-0.15, -0.1) is 0 Å². The molecule has 102 valence electrons. The Morgan fingerprint density at radius 2 is 1.74 bits per heavy atom. The molecule has 1 fully saturated rings. The highest BCUT2D eigenvalue weighted by atomic mass is 19.4. The zero-order valence-electron chi connectivity index (χ0n) is 10.1. The Balaban J connectivity index is 2.23. The van der Waals surface area contributed by atoms with Crippen molar-refractivity contribution in [3.8, 4) is 11.8 Å². The molecule has 0 spiro atoms. The first-order valence-corrected chi connectivity index (χ1v) is 5.93. The lowest BCUT2D eigenvalue weighted by Crippen LogP contribution is -2.56. The van der Waals surface area contributed by atoms with Crippen LogP contribution in [0.5, 0.6) is 5.75 Å². The van der Waals surface area contributed by atoms with E-state index in [2.05, 4.69) is 5.32 Å². The summed E-state index contributed by atoms with van der Waals surface area (Å²) in [6.07, 6.45) is -4.64. The van der Waals surface area contributed by atoms with Crippen LogP contribution in [0.1, 0.15) is 18.4 Å². The number of nitrogens with one attached hydrogen (secondary N) is 1. The van der Waals surface area contributed by atoms with E-state index in [4.69, 9.17) is 10.00 Å². The van der Waals surface area contributed by atoms with Crippen LogP contribution in [0.25, 0.3) is 0 Å². The number of piperidine rings is 1. The predicted molar refractivity (Wildman–Crippen MR) is 62.7 cm³/mol. The topological polar surface area (TPSA) is 45.0 Å². The molecule has 1 aliphatic heterocycles. The lowest BCUT2D eigenvalue weighted by atomic mass is 9.91. The van der Waals surface area contributed by atoms with Crippen LogP contribution < -0.4 is 10.1 Å². The van der Waals surface area contributed by atoms with E-state index in [1.165, 1.54) is 24.3 Å². The maximum atomic E-state index is 13.2. The minimum atomic E-state index is -4.41. The summed E-state index contributed by atoms with van der Waals surface area (Å²) in [6, 6.07) is 7.59. The van der Waals surface area contributed by atoms with Gasteiger partial charge in [-0.3, -0.25) is 0 Å². The highest BCUT2D eigenvalue weighted by Crippen LogP contribution is 2.40. The Morgan fingerprint density at radius 3 is 2.21 bits per heavy atom. The highest BCUT2D eigenvalue weighted by Gasteiger charge is 2.57. The molecule has 1 aromatic carbocycles. The van der Waals surface area contributed by atoms with E-state index in [-0.39, 0.29) is 31.7 Å². The van der Waals surface area contributed by atoms with Gasteiger partial charge in [-0.1, -0.05) is 0 Å². The highest BCUT2D eigenvalue weighted by molar-refractivity contribution is 5.35. The Kier molecular flexibility index (Phi) is 3.67.